The Labute approximate surface area is 152 Å². The van der Waals surface area contributed by atoms with Crippen LogP contribution in [-0.2, 0) is 19.2 Å². The molecule has 0 aliphatic carbocycles. The standard InChI is InChI=1S/C17H27N3O6/c1-11(15(23)20-8-3-5-13(20)17(25)26)10-19(9-6-14(21)22)16(24)12-4-2-7-18-12/h11-13,18H,2-10H2,1H3,(H,21,22)(H,25,26)/t11?,12-,13-/m0/s1. The average molecular weight is 369 g/mol. The van der Waals surface area contributed by atoms with Gasteiger partial charge in [-0.2, -0.15) is 0 Å². The van der Waals surface area contributed by atoms with Crippen molar-refractivity contribution >= 4 is 23.8 Å². The second kappa shape index (κ2) is 8.98. The lowest BCUT2D eigenvalue weighted by atomic mass is 10.1. The molecule has 3 N–H and O–H groups in total. The van der Waals surface area contributed by atoms with Crippen molar-refractivity contribution in [2.24, 2.45) is 5.92 Å². The van der Waals surface area contributed by atoms with Crippen LogP contribution in [0.1, 0.15) is 39.0 Å². The van der Waals surface area contributed by atoms with Crippen molar-refractivity contribution < 1.29 is 29.4 Å². The van der Waals surface area contributed by atoms with Gasteiger partial charge in [0.15, 0.2) is 0 Å². The first-order valence-corrected chi connectivity index (χ1v) is 9.08. The van der Waals surface area contributed by atoms with E-state index in [-0.39, 0.29) is 37.4 Å². The number of rotatable bonds is 8. The van der Waals surface area contributed by atoms with Gasteiger partial charge in [-0.15, -0.1) is 0 Å². The lowest BCUT2D eigenvalue weighted by Gasteiger charge is -2.30. The number of hydrogen-bond donors (Lipinski definition) is 3. The Morgan fingerprint density at radius 1 is 1.19 bits per heavy atom. The first-order chi connectivity index (χ1) is 12.3. The van der Waals surface area contributed by atoms with E-state index in [9.17, 15) is 24.3 Å². The molecule has 0 bridgehead atoms. The van der Waals surface area contributed by atoms with E-state index in [1.165, 1.54) is 9.80 Å². The molecule has 0 spiro atoms. The molecule has 9 nitrogen and oxygen atoms in total. The van der Waals surface area contributed by atoms with Crippen LogP contribution in [0.25, 0.3) is 0 Å². The topological polar surface area (TPSA) is 127 Å². The van der Waals surface area contributed by atoms with Crippen LogP contribution >= 0.6 is 0 Å². The van der Waals surface area contributed by atoms with Gasteiger partial charge in [0.05, 0.1) is 18.4 Å². The Bertz CT molecular complexity index is 561. The lowest BCUT2D eigenvalue weighted by molar-refractivity contribution is -0.150. The molecule has 0 saturated carbocycles. The van der Waals surface area contributed by atoms with Gasteiger partial charge in [-0.25, -0.2) is 4.79 Å². The van der Waals surface area contributed by atoms with Crippen LogP contribution in [0.2, 0.25) is 0 Å². The smallest absolute Gasteiger partial charge is 0.326 e. The number of carboxylic acid groups (broad SMARTS) is 2. The van der Waals surface area contributed by atoms with E-state index in [1.54, 1.807) is 6.92 Å². The number of nitrogens with zero attached hydrogens (tertiary/aromatic N) is 2. The van der Waals surface area contributed by atoms with Gasteiger partial charge in [0.2, 0.25) is 11.8 Å². The first-order valence-electron chi connectivity index (χ1n) is 9.08. The number of likely N-dealkylation sites (tertiary alicyclic amines) is 1. The van der Waals surface area contributed by atoms with Crippen LogP contribution in [0.3, 0.4) is 0 Å². The third-order valence-corrected chi connectivity index (χ3v) is 5.00. The molecule has 2 saturated heterocycles. The third-order valence-electron chi connectivity index (χ3n) is 5.00. The molecule has 0 aromatic carbocycles. The van der Waals surface area contributed by atoms with Gasteiger partial charge in [-0.3, -0.25) is 14.4 Å². The molecule has 0 aromatic rings. The number of carbonyl (C=O) groups excluding carboxylic acids is 2. The van der Waals surface area contributed by atoms with Gasteiger partial charge in [0.25, 0.3) is 0 Å². The Kier molecular flexibility index (Phi) is 6.96. The van der Waals surface area contributed by atoms with E-state index in [0.717, 1.165) is 13.0 Å². The van der Waals surface area contributed by atoms with Crippen molar-refractivity contribution in [2.45, 2.75) is 51.1 Å². The number of aliphatic carboxylic acids is 2. The van der Waals surface area contributed by atoms with Crippen molar-refractivity contribution in [1.82, 2.24) is 15.1 Å². The Morgan fingerprint density at radius 2 is 1.92 bits per heavy atom. The van der Waals surface area contributed by atoms with Gasteiger partial charge in [0, 0.05) is 19.6 Å². The molecule has 2 fully saturated rings. The predicted octanol–water partition coefficient (Wildman–Crippen LogP) is -0.247. The predicted molar refractivity (Wildman–Crippen MR) is 91.4 cm³/mol. The summed E-state index contributed by atoms with van der Waals surface area (Å²) in [5.74, 6) is -3.11. The zero-order valence-corrected chi connectivity index (χ0v) is 15.0. The zero-order valence-electron chi connectivity index (χ0n) is 15.0. The maximum Gasteiger partial charge on any atom is 0.326 e. The second-order valence-corrected chi connectivity index (χ2v) is 7.01. The summed E-state index contributed by atoms with van der Waals surface area (Å²) in [7, 11) is 0. The molecule has 146 valence electrons. The molecule has 2 aliphatic rings. The summed E-state index contributed by atoms with van der Waals surface area (Å²) < 4.78 is 0. The van der Waals surface area contributed by atoms with E-state index >= 15 is 0 Å². The molecule has 2 amide bonds. The maximum absolute atomic E-state index is 12.7. The molecule has 2 heterocycles. The van der Waals surface area contributed by atoms with E-state index in [1.807, 2.05) is 0 Å². The van der Waals surface area contributed by atoms with Crippen LogP contribution in [-0.4, -0.2) is 82.0 Å². The highest BCUT2D eigenvalue weighted by atomic mass is 16.4. The lowest BCUT2D eigenvalue weighted by Crippen LogP contribution is -2.49. The summed E-state index contributed by atoms with van der Waals surface area (Å²) in [4.78, 5) is 50.3. The molecule has 2 aliphatic heterocycles. The molecule has 0 aromatic heterocycles. The highest BCUT2D eigenvalue weighted by Gasteiger charge is 2.37. The molecule has 1 unspecified atom stereocenters. The van der Waals surface area contributed by atoms with Crippen molar-refractivity contribution in [3.63, 3.8) is 0 Å². The fourth-order valence-electron chi connectivity index (χ4n) is 3.62. The number of hydrogen-bond acceptors (Lipinski definition) is 5. The molecular formula is C17H27N3O6. The molecular weight excluding hydrogens is 342 g/mol. The quantitative estimate of drug-likeness (QED) is 0.538. The molecule has 9 heteroatoms. The highest BCUT2D eigenvalue weighted by molar-refractivity contribution is 5.87. The summed E-state index contributed by atoms with van der Waals surface area (Å²) in [5, 5.41) is 21.3. The van der Waals surface area contributed by atoms with Gasteiger partial charge < -0.3 is 25.3 Å². The largest absolute Gasteiger partial charge is 0.481 e. The van der Waals surface area contributed by atoms with Gasteiger partial charge in [0.1, 0.15) is 6.04 Å². The molecule has 3 atom stereocenters. The maximum atomic E-state index is 12.7. The highest BCUT2D eigenvalue weighted by Crippen LogP contribution is 2.21. The number of amides is 2. The molecule has 2 rings (SSSR count). The average Bonchev–Trinajstić information content (AvgIpc) is 3.28. The van der Waals surface area contributed by atoms with Crippen LogP contribution in [0.5, 0.6) is 0 Å². The Hall–Kier alpha value is -2.16. The number of carbonyl (C=O) groups is 4. The minimum absolute atomic E-state index is 0.0341. The minimum atomic E-state index is -1.02. The summed E-state index contributed by atoms with van der Waals surface area (Å²) in [6.45, 7) is 2.92. The molecule has 26 heavy (non-hydrogen) atoms. The SMILES string of the molecule is CC(CN(CCC(=O)O)C(=O)[C@@H]1CCCN1)C(=O)N1CCC[C@H]1C(=O)O. The van der Waals surface area contributed by atoms with E-state index in [4.69, 9.17) is 5.11 Å². The Morgan fingerprint density at radius 3 is 2.50 bits per heavy atom. The van der Waals surface area contributed by atoms with Crippen molar-refractivity contribution in [1.29, 1.82) is 0 Å². The van der Waals surface area contributed by atoms with Crippen molar-refractivity contribution in [3.8, 4) is 0 Å². The van der Waals surface area contributed by atoms with Gasteiger partial charge in [-0.05, 0) is 32.2 Å². The summed E-state index contributed by atoms with van der Waals surface area (Å²) >= 11 is 0. The van der Waals surface area contributed by atoms with Crippen LogP contribution in [0.15, 0.2) is 0 Å². The number of nitrogens with one attached hydrogen (secondary N) is 1. The monoisotopic (exact) mass is 369 g/mol. The van der Waals surface area contributed by atoms with Crippen LogP contribution in [0, 0.1) is 5.92 Å². The van der Waals surface area contributed by atoms with Crippen LogP contribution < -0.4 is 5.32 Å². The zero-order chi connectivity index (χ0) is 19.3. The van der Waals surface area contributed by atoms with Crippen molar-refractivity contribution in [3.05, 3.63) is 0 Å². The van der Waals surface area contributed by atoms with Gasteiger partial charge in [-0.1, -0.05) is 6.92 Å². The summed E-state index contributed by atoms with van der Waals surface area (Å²) in [6.07, 6.45) is 2.45. The van der Waals surface area contributed by atoms with Gasteiger partial charge >= 0.3 is 11.9 Å². The van der Waals surface area contributed by atoms with E-state index < -0.39 is 23.9 Å². The third kappa shape index (κ3) is 4.94. The summed E-state index contributed by atoms with van der Waals surface area (Å²) in [5.41, 5.74) is 0. The first kappa shape index (κ1) is 20.2. The van der Waals surface area contributed by atoms with E-state index in [2.05, 4.69) is 5.32 Å². The number of carboxylic acids is 2. The van der Waals surface area contributed by atoms with E-state index in [0.29, 0.717) is 25.8 Å². The molecule has 0 radical (unpaired) electrons. The minimum Gasteiger partial charge on any atom is -0.481 e. The Balaban J connectivity index is 2.02. The summed E-state index contributed by atoms with van der Waals surface area (Å²) in [6, 6.07) is -1.16. The second-order valence-electron chi connectivity index (χ2n) is 7.01. The fourth-order valence-corrected chi connectivity index (χ4v) is 3.62. The normalized spacial score (nSPS) is 23.7. The fraction of sp³-hybridized carbons (Fsp3) is 0.765. The van der Waals surface area contributed by atoms with Crippen molar-refractivity contribution in [2.75, 3.05) is 26.2 Å². The van der Waals surface area contributed by atoms with Crippen LogP contribution in [0.4, 0.5) is 0 Å².